The molecule has 0 fully saturated rings. The summed E-state index contributed by atoms with van der Waals surface area (Å²) in [6.45, 7) is 0. The van der Waals surface area contributed by atoms with E-state index in [1.54, 1.807) is 12.6 Å². The van der Waals surface area contributed by atoms with E-state index in [2.05, 4.69) is 0 Å². The van der Waals surface area contributed by atoms with E-state index >= 15 is 0 Å². The third-order valence-corrected chi connectivity index (χ3v) is 4.56. The largest absolute Gasteiger partial charge is 0.497 e. The van der Waals surface area contributed by atoms with Gasteiger partial charge in [0.2, 0.25) is 5.91 Å². The quantitative estimate of drug-likeness (QED) is 0.314. The van der Waals surface area contributed by atoms with Crippen molar-refractivity contribution < 1.29 is 24.3 Å². The number of aliphatic hydroxyl groups excluding tert-OH is 1. The lowest BCUT2D eigenvalue weighted by atomic mass is 10.0. The number of hydrogen-bond acceptors (Lipinski definition) is 5. The van der Waals surface area contributed by atoms with Gasteiger partial charge in [-0.05, 0) is 42.7 Å². The summed E-state index contributed by atoms with van der Waals surface area (Å²) >= 11 is 0. The second-order valence-electron chi connectivity index (χ2n) is 6.43. The number of methoxy groups -OCH3 is 1. The molecule has 142 valence electrons. The van der Waals surface area contributed by atoms with Crippen LogP contribution in [0.3, 0.4) is 0 Å². The fourth-order valence-corrected chi connectivity index (χ4v) is 3.01. The van der Waals surface area contributed by atoms with Crippen molar-refractivity contribution in [2.75, 3.05) is 7.11 Å². The van der Waals surface area contributed by atoms with Crippen LogP contribution in [0, 0.1) is 0 Å². The number of nitrogens with one attached hydrogen (secondary N) is 1. The standard InChI is InChI=1S/C21H23NO5/c1-26-17-10-11-19-16(12-17)13-20(27-19)15-8-6-14(7-9-15)18(23)4-2-3-5-21(24)22-25/h6-13,18,23,25H,2-5H2,1H3,(H,22,24). The lowest BCUT2D eigenvalue weighted by molar-refractivity contribution is -0.129. The summed E-state index contributed by atoms with van der Waals surface area (Å²) < 4.78 is 11.1. The Morgan fingerprint density at radius 3 is 2.63 bits per heavy atom. The van der Waals surface area contributed by atoms with E-state index in [-0.39, 0.29) is 6.42 Å². The molecule has 1 heterocycles. The number of amides is 1. The molecule has 0 radical (unpaired) electrons. The molecule has 1 unspecified atom stereocenters. The minimum absolute atomic E-state index is 0.249. The summed E-state index contributed by atoms with van der Waals surface area (Å²) in [7, 11) is 1.63. The highest BCUT2D eigenvalue weighted by atomic mass is 16.5. The summed E-state index contributed by atoms with van der Waals surface area (Å²) in [5.41, 5.74) is 4.15. The molecule has 3 rings (SSSR count). The monoisotopic (exact) mass is 369 g/mol. The maximum absolute atomic E-state index is 11.0. The molecule has 2 aromatic carbocycles. The van der Waals surface area contributed by atoms with Gasteiger partial charge >= 0.3 is 0 Å². The van der Waals surface area contributed by atoms with Crippen LogP contribution in [0.1, 0.15) is 37.4 Å². The molecule has 3 aromatic rings. The van der Waals surface area contributed by atoms with Crippen LogP contribution >= 0.6 is 0 Å². The van der Waals surface area contributed by atoms with E-state index < -0.39 is 12.0 Å². The molecular formula is C21H23NO5. The van der Waals surface area contributed by atoms with Crippen molar-refractivity contribution in [3.63, 3.8) is 0 Å². The molecule has 6 heteroatoms. The first-order chi connectivity index (χ1) is 13.1. The number of aliphatic hydroxyl groups is 1. The number of carbonyl (C=O) groups excluding carboxylic acids is 1. The zero-order valence-corrected chi connectivity index (χ0v) is 15.1. The van der Waals surface area contributed by atoms with Crippen molar-refractivity contribution in [1.29, 1.82) is 0 Å². The van der Waals surface area contributed by atoms with E-state index in [1.807, 2.05) is 48.5 Å². The van der Waals surface area contributed by atoms with E-state index in [9.17, 15) is 9.90 Å². The third kappa shape index (κ3) is 4.67. The summed E-state index contributed by atoms with van der Waals surface area (Å²) in [6.07, 6.45) is 1.53. The van der Waals surface area contributed by atoms with E-state index in [0.717, 1.165) is 33.6 Å². The average molecular weight is 369 g/mol. The highest BCUT2D eigenvalue weighted by Crippen LogP contribution is 2.31. The number of carbonyl (C=O) groups is 1. The Balaban J connectivity index is 1.63. The number of benzene rings is 2. The lowest BCUT2D eigenvalue weighted by Crippen LogP contribution is -2.17. The van der Waals surface area contributed by atoms with Crippen LogP contribution in [0.25, 0.3) is 22.3 Å². The predicted octanol–water partition coefficient (Wildman–Crippen LogP) is 4.21. The Kier molecular flexibility index (Phi) is 6.11. The van der Waals surface area contributed by atoms with Gasteiger partial charge in [0, 0.05) is 17.4 Å². The van der Waals surface area contributed by atoms with Gasteiger partial charge in [-0.25, -0.2) is 5.48 Å². The van der Waals surface area contributed by atoms with E-state index in [4.69, 9.17) is 14.4 Å². The minimum atomic E-state index is -0.587. The molecule has 6 nitrogen and oxygen atoms in total. The highest BCUT2D eigenvalue weighted by Gasteiger charge is 2.11. The predicted molar refractivity (Wildman–Crippen MR) is 102 cm³/mol. The van der Waals surface area contributed by atoms with Crippen molar-refractivity contribution in [3.8, 4) is 17.1 Å². The fraction of sp³-hybridized carbons (Fsp3) is 0.286. The molecule has 0 aliphatic rings. The van der Waals surface area contributed by atoms with Gasteiger partial charge < -0.3 is 14.3 Å². The molecule has 27 heavy (non-hydrogen) atoms. The summed E-state index contributed by atoms with van der Waals surface area (Å²) in [5.74, 6) is 1.14. The molecule has 1 aromatic heterocycles. The van der Waals surface area contributed by atoms with Crippen molar-refractivity contribution in [2.24, 2.45) is 0 Å². The van der Waals surface area contributed by atoms with Gasteiger partial charge in [0.05, 0.1) is 13.2 Å². The van der Waals surface area contributed by atoms with Crippen LogP contribution in [0.2, 0.25) is 0 Å². The van der Waals surface area contributed by atoms with Crippen LogP contribution in [0.15, 0.2) is 52.9 Å². The molecule has 1 atom stereocenters. The lowest BCUT2D eigenvalue weighted by Gasteiger charge is -2.11. The summed E-state index contributed by atoms with van der Waals surface area (Å²) in [4.78, 5) is 11.0. The number of rotatable bonds is 8. The number of fused-ring (bicyclic) bond motifs is 1. The van der Waals surface area contributed by atoms with Gasteiger partial charge in [0.15, 0.2) is 0 Å². The first-order valence-electron chi connectivity index (χ1n) is 8.89. The molecule has 3 N–H and O–H groups in total. The third-order valence-electron chi connectivity index (χ3n) is 4.56. The van der Waals surface area contributed by atoms with Gasteiger partial charge in [-0.15, -0.1) is 0 Å². The van der Waals surface area contributed by atoms with Gasteiger partial charge in [0.1, 0.15) is 17.1 Å². The van der Waals surface area contributed by atoms with Crippen LogP contribution < -0.4 is 10.2 Å². The number of hydroxylamine groups is 1. The number of furan rings is 1. The van der Waals surface area contributed by atoms with Crippen LogP contribution in [-0.4, -0.2) is 23.3 Å². The Bertz CT molecular complexity index is 901. The van der Waals surface area contributed by atoms with Gasteiger partial charge in [-0.3, -0.25) is 10.0 Å². The molecule has 0 bridgehead atoms. The molecular weight excluding hydrogens is 346 g/mol. The smallest absolute Gasteiger partial charge is 0.243 e. The average Bonchev–Trinajstić information content (AvgIpc) is 3.14. The van der Waals surface area contributed by atoms with Crippen LogP contribution in [0.4, 0.5) is 0 Å². The van der Waals surface area contributed by atoms with Crippen molar-refractivity contribution in [3.05, 3.63) is 54.1 Å². The second kappa shape index (κ2) is 8.70. The molecule has 0 saturated carbocycles. The first-order valence-corrected chi connectivity index (χ1v) is 8.89. The summed E-state index contributed by atoms with van der Waals surface area (Å²) in [5, 5.41) is 19.7. The molecule has 0 saturated heterocycles. The highest BCUT2D eigenvalue weighted by molar-refractivity contribution is 5.84. The van der Waals surface area contributed by atoms with E-state index in [0.29, 0.717) is 19.3 Å². The van der Waals surface area contributed by atoms with Crippen molar-refractivity contribution in [1.82, 2.24) is 5.48 Å². The van der Waals surface area contributed by atoms with Crippen LogP contribution in [-0.2, 0) is 4.79 Å². The Hall–Kier alpha value is -2.83. The van der Waals surface area contributed by atoms with Crippen molar-refractivity contribution >= 4 is 16.9 Å². The van der Waals surface area contributed by atoms with E-state index in [1.165, 1.54) is 0 Å². The maximum atomic E-state index is 11.0. The fourth-order valence-electron chi connectivity index (χ4n) is 3.01. The zero-order chi connectivity index (χ0) is 19.2. The zero-order valence-electron chi connectivity index (χ0n) is 15.1. The first kappa shape index (κ1) is 18.9. The molecule has 0 aliphatic heterocycles. The number of unbranched alkanes of at least 4 members (excludes halogenated alkanes) is 1. The number of hydrogen-bond donors (Lipinski definition) is 3. The minimum Gasteiger partial charge on any atom is -0.497 e. The number of ether oxygens (including phenoxy) is 1. The second-order valence-corrected chi connectivity index (χ2v) is 6.43. The van der Waals surface area contributed by atoms with Gasteiger partial charge in [-0.2, -0.15) is 0 Å². The molecule has 1 amide bonds. The maximum Gasteiger partial charge on any atom is 0.243 e. The Morgan fingerprint density at radius 1 is 1.15 bits per heavy atom. The topological polar surface area (TPSA) is 91.9 Å². The van der Waals surface area contributed by atoms with Crippen LogP contribution in [0.5, 0.6) is 5.75 Å². The normalized spacial score (nSPS) is 12.1. The van der Waals surface area contributed by atoms with Gasteiger partial charge in [-0.1, -0.05) is 30.7 Å². The summed E-state index contributed by atoms with van der Waals surface area (Å²) in [6, 6.07) is 15.3. The Morgan fingerprint density at radius 2 is 1.93 bits per heavy atom. The molecule has 0 aliphatic carbocycles. The van der Waals surface area contributed by atoms with Gasteiger partial charge in [0.25, 0.3) is 0 Å². The Labute approximate surface area is 157 Å². The van der Waals surface area contributed by atoms with Crippen molar-refractivity contribution in [2.45, 2.75) is 31.8 Å². The molecule has 0 spiro atoms. The SMILES string of the molecule is COc1ccc2oc(-c3ccc(C(O)CCCCC(=O)NO)cc3)cc2c1.